The molecule has 5 aromatic heterocycles. The van der Waals surface area contributed by atoms with Gasteiger partial charge >= 0.3 is 6.18 Å². The molecule has 0 aliphatic carbocycles. The molecule has 41 heavy (non-hydrogen) atoms. The Morgan fingerprint density at radius 2 is 1.88 bits per heavy atom. The molecule has 0 unspecified atom stereocenters. The minimum Gasteiger partial charge on any atom is -0.419 e. The van der Waals surface area contributed by atoms with Crippen molar-refractivity contribution in [3.8, 4) is 17.6 Å². The zero-order valence-electron chi connectivity index (χ0n) is 21.7. The Labute approximate surface area is 234 Å². The van der Waals surface area contributed by atoms with Crippen molar-refractivity contribution >= 4 is 34.6 Å². The van der Waals surface area contributed by atoms with Gasteiger partial charge in [0, 0.05) is 31.9 Å². The van der Waals surface area contributed by atoms with E-state index in [-0.39, 0.29) is 39.7 Å². The first-order valence-corrected chi connectivity index (χ1v) is 12.4. The summed E-state index contributed by atoms with van der Waals surface area (Å²) >= 11 is 6.32. The van der Waals surface area contributed by atoms with Crippen LogP contribution in [-0.2, 0) is 13.2 Å². The highest BCUT2D eigenvalue weighted by atomic mass is 35.5. The van der Waals surface area contributed by atoms with E-state index >= 15 is 0 Å². The molecule has 0 spiro atoms. The predicted molar refractivity (Wildman–Crippen MR) is 141 cm³/mol. The number of hydrogen-bond donors (Lipinski definition) is 2. The molecule has 12 nitrogen and oxygen atoms in total. The zero-order valence-corrected chi connectivity index (χ0v) is 22.4. The maximum atomic E-state index is 13.7. The van der Waals surface area contributed by atoms with E-state index < -0.39 is 23.7 Å². The summed E-state index contributed by atoms with van der Waals surface area (Å²) in [4.78, 5) is 30.9. The van der Waals surface area contributed by atoms with Gasteiger partial charge in [0.1, 0.15) is 5.69 Å². The normalized spacial score (nSPS) is 11.6. The number of hydrogen-bond acceptors (Lipinski definition) is 7. The second-order valence-corrected chi connectivity index (χ2v) is 9.12. The Morgan fingerprint density at radius 1 is 1.10 bits per heavy atom. The molecule has 5 heterocycles. The lowest BCUT2D eigenvalue weighted by molar-refractivity contribution is -0.141. The number of halogens is 4. The van der Waals surface area contributed by atoms with Crippen molar-refractivity contribution in [2.24, 2.45) is 7.05 Å². The van der Waals surface area contributed by atoms with Crippen LogP contribution in [0.15, 0.2) is 48.8 Å². The topological polar surface area (TPSA) is 133 Å². The van der Waals surface area contributed by atoms with Gasteiger partial charge in [-0.05, 0) is 43.7 Å². The number of rotatable bonds is 7. The Kier molecular flexibility index (Phi) is 7.13. The molecule has 5 aromatic rings. The van der Waals surface area contributed by atoms with Crippen molar-refractivity contribution in [2.75, 3.05) is 11.9 Å². The van der Waals surface area contributed by atoms with Crippen molar-refractivity contribution < 1.29 is 27.5 Å². The number of aromatic nitrogens is 7. The second-order valence-electron chi connectivity index (χ2n) is 8.71. The summed E-state index contributed by atoms with van der Waals surface area (Å²) in [7, 11) is 1.27. The fourth-order valence-corrected chi connectivity index (χ4v) is 4.24. The van der Waals surface area contributed by atoms with Gasteiger partial charge < -0.3 is 15.4 Å². The van der Waals surface area contributed by atoms with Gasteiger partial charge in [0.2, 0.25) is 11.8 Å². The van der Waals surface area contributed by atoms with Gasteiger partial charge in [-0.2, -0.15) is 23.4 Å². The number of fused-ring (bicyclic) bond motifs is 1. The quantitative estimate of drug-likeness (QED) is 0.288. The highest BCUT2D eigenvalue weighted by Gasteiger charge is 2.35. The number of alkyl halides is 3. The van der Waals surface area contributed by atoms with E-state index in [0.29, 0.717) is 23.7 Å². The van der Waals surface area contributed by atoms with Crippen LogP contribution in [0.2, 0.25) is 5.02 Å². The van der Waals surface area contributed by atoms with Gasteiger partial charge in [0.25, 0.3) is 11.8 Å². The largest absolute Gasteiger partial charge is 0.435 e. The summed E-state index contributed by atoms with van der Waals surface area (Å²) in [6.07, 6.45) is -1.75. The van der Waals surface area contributed by atoms with Crippen LogP contribution in [-0.4, -0.2) is 52.5 Å². The number of nitrogens with one attached hydrogen (secondary N) is 2. The number of aryl methyl sites for hydroxylation is 2. The molecule has 0 aliphatic rings. The van der Waals surface area contributed by atoms with E-state index in [1.54, 1.807) is 32.0 Å². The molecule has 0 aromatic carbocycles. The SMILES string of the molecule is CCNC(=O)c1c(NC(=O)c2cc(Oc3cc(C(F)(F)F)nn3C)nn2-c2ncccc2Cl)c(C)cc2ccnn12. The first-order chi connectivity index (χ1) is 19.5. The molecule has 2 amide bonds. The van der Waals surface area contributed by atoms with E-state index in [1.165, 1.54) is 36.1 Å². The monoisotopic (exact) mass is 587 g/mol. The number of carbonyl (C=O) groups is 2. The molecule has 0 saturated carbocycles. The first-order valence-electron chi connectivity index (χ1n) is 12.0. The van der Waals surface area contributed by atoms with Crippen LogP contribution in [0.4, 0.5) is 18.9 Å². The molecule has 0 saturated heterocycles. The number of anilines is 1. The summed E-state index contributed by atoms with van der Waals surface area (Å²) in [5, 5.41) is 17.4. The third kappa shape index (κ3) is 5.30. The van der Waals surface area contributed by atoms with Crippen LogP contribution < -0.4 is 15.4 Å². The summed E-state index contributed by atoms with van der Waals surface area (Å²) in [5.41, 5.74) is 0.176. The number of ether oxygens (including phenoxy) is 1. The third-order valence-corrected chi connectivity index (χ3v) is 6.16. The lowest BCUT2D eigenvalue weighted by Crippen LogP contribution is -2.28. The highest BCUT2D eigenvalue weighted by molar-refractivity contribution is 6.32. The van der Waals surface area contributed by atoms with Crippen molar-refractivity contribution in [2.45, 2.75) is 20.0 Å². The Morgan fingerprint density at radius 3 is 2.56 bits per heavy atom. The molecular weight excluding hydrogens is 567 g/mol. The molecule has 0 fully saturated rings. The predicted octanol–water partition coefficient (Wildman–Crippen LogP) is 4.42. The minimum absolute atomic E-state index is 0.0540. The molecule has 212 valence electrons. The minimum atomic E-state index is -4.69. The summed E-state index contributed by atoms with van der Waals surface area (Å²) in [5.74, 6) is -1.67. The molecule has 0 radical (unpaired) electrons. The standard InChI is InChI=1S/C25H21ClF3N9O3/c1-4-30-24(40)21-20(13(2)10-14-7-9-32-37(14)21)33-23(39)16-11-18(35-38(16)22-15(26)6-5-8-31-22)41-19-12-17(25(27,28)29)34-36(19)3/h5-12H,4H2,1-3H3,(H,30,40)(H,33,39). The second kappa shape index (κ2) is 10.6. The van der Waals surface area contributed by atoms with Crippen molar-refractivity contribution in [3.63, 3.8) is 0 Å². The van der Waals surface area contributed by atoms with Gasteiger partial charge in [0.15, 0.2) is 17.2 Å². The molecular formula is C25H21ClF3N9O3. The lowest BCUT2D eigenvalue weighted by Gasteiger charge is -2.16. The Hall–Kier alpha value is -4.92. The maximum absolute atomic E-state index is 13.7. The van der Waals surface area contributed by atoms with Gasteiger partial charge in [-0.1, -0.05) is 11.6 Å². The summed E-state index contributed by atoms with van der Waals surface area (Å²) < 4.78 is 48.4. The average molecular weight is 588 g/mol. The third-order valence-electron chi connectivity index (χ3n) is 5.87. The Bertz CT molecular complexity index is 1790. The smallest absolute Gasteiger partial charge is 0.419 e. The fourth-order valence-electron chi connectivity index (χ4n) is 4.04. The highest BCUT2D eigenvalue weighted by Crippen LogP contribution is 2.33. The van der Waals surface area contributed by atoms with Gasteiger partial charge in [0.05, 0.1) is 22.4 Å². The van der Waals surface area contributed by atoms with Crippen molar-refractivity contribution in [1.82, 2.24) is 39.5 Å². The van der Waals surface area contributed by atoms with Crippen LogP contribution in [0.5, 0.6) is 11.8 Å². The van der Waals surface area contributed by atoms with Crippen molar-refractivity contribution in [3.05, 3.63) is 76.5 Å². The van der Waals surface area contributed by atoms with E-state index in [2.05, 4.69) is 30.9 Å². The average Bonchev–Trinajstić information content (AvgIpc) is 3.63. The first kappa shape index (κ1) is 27.6. The zero-order chi connectivity index (χ0) is 29.5. The van der Waals surface area contributed by atoms with E-state index in [9.17, 15) is 22.8 Å². The van der Waals surface area contributed by atoms with Gasteiger partial charge in [-0.15, -0.1) is 5.10 Å². The fraction of sp³-hybridized carbons (Fsp3) is 0.200. The number of amides is 2. The number of carbonyl (C=O) groups excluding carboxylic acids is 2. The van der Waals surface area contributed by atoms with Crippen LogP contribution >= 0.6 is 11.6 Å². The van der Waals surface area contributed by atoms with Gasteiger partial charge in [-0.25, -0.2) is 18.9 Å². The van der Waals surface area contributed by atoms with Crippen LogP contribution in [0.1, 0.15) is 39.2 Å². The van der Waals surface area contributed by atoms with E-state index in [1.807, 2.05) is 0 Å². The Balaban J connectivity index is 1.58. The molecule has 2 N–H and O–H groups in total. The van der Waals surface area contributed by atoms with E-state index in [4.69, 9.17) is 16.3 Å². The van der Waals surface area contributed by atoms with Gasteiger partial charge in [-0.3, -0.25) is 9.59 Å². The lowest BCUT2D eigenvalue weighted by atomic mass is 10.1. The molecule has 16 heteroatoms. The van der Waals surface area contributed by atoms with E-state index in [0.717, 1.165) is 9.36 Å². The molecule has 0 aliphatic heterocycles. The molecule has 5 rings (SSSR count). The van der Waals surface area contributed by atoms with Crippen LogP contribution in [0, 0.1) is 6.92 Å². The number of pyridine rings is 2. The van der Waals surface area contributed by atoms with Crippen LogP contribution in [0.3, 0.4) is 0 Å². The summed E-state index contributed by atoms with van der Waals surface area (Å²) in [6.45, 7) is 3.80. The van der Waals surface area contributed by atoms with Crippen LogP contribution in [0.25, 0.3) is 11.3 Å². The maximum Gasteiger partial charge on any atom is 0.435 e. The molecule has 0 atom stereocenters. The number of nitrogens with zero attached hydrogens (tertiary/aromatic N) is 7. The van der Waals surface area contributed by atoms with Crippen molar-refractivity contribution in [1.29, 1.82) is 0 Å². The summed E-state index contributed by atoms with van der Waals surface area (Å²) in [6, 6.07) is 8.46. The molecule has 0 bridgehead atoms.